The van der Waals surface area contributed by atoms with Gasteiger partial charge in [-0.15, -0.1) is 0 Å². The highest BCUT2D eigenvalue weighted by Crippen LogP contribution is 2.37. The van der Waals surface area contributed by atoms with E-state index in [0.717, 1.165) is 34.8 Å². The first-order chi connectivity index (χ1) is 14.2. The van der Waals surface area contributed by atoms with E-state index >= 15 is 0 Å². The van der Waals surface area contributed by atoms with E-state index in [0.29, 0.717) is 12.8 Å². The Hall–Kier alpha value is -2.11. The predicted molar refractivity (Wildman–Crippen MR) is 124 cm³/mol. The molecule has 1 aliphatic heterocycles. The molecule has 2 aromatic carbocycles. The number of hydrogen-bond donors (Lipinski definition) is 0. The van der Waals surface area contributed by atoms with Crippen molar-refractivity contribution in [3.8, 4) is 0 Å². The highest BCUT2D eigenvalue weighted by Gasteiger charge is 2.26. The predicted octanol–water partition coefficient (Wildman–Crippen LogP) is 5.62. The molecule has 0 fully saturated rings. The highest BCUT2D eigenvalue weighted by atomic mass is 35.5. The molecule has 0 amide bonds. The first kappa shape index (κ1) is 22.6. The standard InChI is InChI=1S/C24H28ClNO3S/c1-17(13-15-30(3,28)29)8-11-24(27)20-9-10-23-19(16-20)12-14-26(23)18(2)21-6-4-5-7-22(21)25/h4-7,9-10,13,15-18H,8,11-12,14H2,1-3H3/b15-13+/t17-,18?/m0/s1. The maximum Gasteiger partial charge on any atom is 0.168 e. The van der Waals surface area contributed by atoms with Crippen LogP contribution in [0.4, 0.5) is 5.69 Å². The second-order valence-corrected chi connectivity index (χ2v) is 10.4. The number of Topliss-reactive ketones (excluding diaryl/α,β-unsaturated/α-hetero) is 1. The van der Waals surface area contributed by atoms with E-state index in [1.54, 1.807) is 6.08 Å². The van der Waals surface area contributed by atoms with Gasteiger partial charge >= 0.3 is 0 Å². The molecule has 160 valence electrons. The second-order valence-electron chi connectivity index (χ2n) is 8.08. The quantitative estimate of drug-likeness (QED) is 0.495. The molecule has 0 saturated heterocycles. The van der Waals surface area contributed by atoms with E-state index in [1.165, 1.54) is 17.2 Å². The van der Waals surface area contributed by atoms with Crippen molar-refractivity contribution in [2.75, 3.05) is 17.7 Å². The van der Waals surface area contributed by atoms with Gasteiger partial charge in [-0.2, -0.15) is 0 Å². The lowest BCUT2D eigenvalue weighted by Crippen LogP contribution is -2.24. The van der Waals surface area contributed by atoms with E-state index in [2.05, 4.69) is 17.9 Å². The zero-order chi connectivity index (χ0) is 21.9. The van der Waals surface area contributed by atoms with Gasteiger partial charge in [0, 0.05) is 40.9 Å². The van der Waals surface area contributed by atoms with Crippen molar-refractivity contribution in [3.63, 3.8) is 0 Å². The lowest BCUT2D eigenvalue weighted by molar-refractivity contribution is 0.0976. The van der Waals surface area contributed by atoms with Crippen LogP contribution in [0, 0.1) is 5.92 Å². The minimum Gasteiger partial charge on any atom is -0.364 e. The summed E-state index contributed by atoms with van der Waals surface area (Å²) in [5, 5.41) is 1.98. The summed E-state index contributed by atoms with van der Waals surface area (Å²) < 4.78 is 22.4. The summed E-state index contributed by atoms with van der Waals surface area (Å²) in [6, 6.07) is 14.0. The summed E-state index contributed by atoms with van der Waals surface area (Å²) >= 11 is 6.39. The third-order valence-corrected chi connectivity index (χ3v) is 6.63. The number of allylic oxidation sites excluding steroid dienone is 1. The maximum absolute atomic E-state index is 12.7. The molecule has 3 rings (SSSR count). The third kappa shape index (κ3) is 5.52. The van der Waals surface area contributed by atoms with Gasteiger partial charge in [-0.05, 0) is 61.1 Å². The normalized spacial score (nSPS) is 15.9. The Morgan fingerprint density at radius 3 is 2.63 bits per heavy atom. The minimum atomic E-state index is -3.13. The summed E-state index contributed by atoms with van der Waals surface area (Å²) in [5.41, 5.74) is 4.16. The molecule has 0 aliphatic carbocycles. The van der Waals surface area contributed by atoms with Crippen molar-refractivity contribution in [2.45, 2.75) is 39.2 Å². The number of carbonyl (C=O) groups excluding carboxylic acids is 1. The van der Waals surface area contributed by atoms with Crippen molar-refractivity contribution < 1.29 is 13.2 Å². The van der Waals surface area contributed by atoms with Crippen molar-refractivity contribution in [2.24, 2.45) is 5.92 Å². The van der Waals surface area contributed by atoms with Crippen LogP contribution in [0.5, 0.6) is 0 Å². The summed E-state index contributed by atoms with van der Waals surface area (Å²) in [7, 11) is -3.13. The first-order valence-corrected chi connectivity index (χ1v) is 12.5. The summed E-state index contributed by atoms with van der Waals surface area (Å²) in [6.07, 6.45) is 4.74. The number of benzene rings is 2. The molecule has 30 heavy (non-hydrogen) atoms. The topological polar surface area (TPSA) is 54.5 Å². The molecular weight excluding hydrogens is 418 g/mol. The fourth-order valence-corrected chi connectivity index (χ4v) is 4.71. The first-order valence-electron chi connectivity index (χ1n) is 10.2. The lowest BCUT2D eigenvalue weighted by atomic mass is 9.98. The number of fused-ring (bicyclic) bond motifs is 1. The van der Waals surface area contributed by atoms with Crippen LogP contribution in [-0.4, -0.2) is 27.0 Å². The largest absolute Gasteiger partial charge is 0.364 e. The van der Waals surface area contributed by atoms with Crippen LogP contribution in [0.15, 0.2) is 53.9 Å². The third-order valence-electron chi connectivity index (χ3n) is 5.64. The minimum absolute atomic E-state index is 0.0325. The van der Waals surface area contributed by atoms with Crippen molar-refractivity contribution in [1.82, 2.24) is 0 Å². The molecule has 1 unspecified atom stereocenters. The number of ketones is 1. The molecule has 2 atom stereocenters. The van der Waals surface area contributed by atoms with Crippen LogP contribution in [-0.2, 0) is 16.3 Å². The van der Waals surface area contributed by atoms with Gasteiger partial charge < -0.3 is 4.90 Å². The zero-order valence-electron chi connectivity index (χ0n) is 17.6. The summed E-state index contributed by atoms with van der Waals surface area (Å²) in [6.45, 7) is 4.97. The van der Waals surface area contributed by atoms with E-state index in [1.807, 2.05) is 43.3 Å². The average molecular weight is 446 g/mol. The van der Waals surface area contributed by atoms with Gasteiger partial charge in [-0.1, -0.05) is 42.8 Å². The number of sulfone groups is 1. The SMILES string of the molecule is CC(c1ccccc1Cl)N1CCc2cc(C(=O)CC[C@H](C)/C=C/S(C)(=O)=O)ccc21. The number of hydrogen-bond acceptors (Lipinski definition) is 4. The molecule has 0 spiro atoms. The number of nitrogens with zero attached hydrogens (tertiary/aromatic N) is 1. The molecule has 2 aromatic rings. The molecule has 6 heteroatoms. The highest BCUT2D eigenvalue weighted by molar-refractivity contribution is 7.93. The molecule has 0 aromatic heterocycles. The fraction of sp³-hybridized carbons (Fsp3) is 0.375. The van der Waals surface area contributed by atoms with Crippen LogP contribution < -0.4 is 4.90 Å². The maximum atomic E-state index is 12.7. The number of rotatable bonds is 8. The lowest BCUT2D eigenvalue weighted by Gasteiger charge is -2.28. The van der Waals surface area contributed by atoms with Crippen LogP contribution in [0.2, 0.25) is 5.02 Å². The average Bonchev–Trinajstić information content (AvgIpc) is 3.13. The van der Waals surface area contributed by atoms with Gasteiger partial charge in [0.2, 0.25) is 0 Å². The molecule has 1 heterocycles. The van der Waals surface area contributed by atoms with E-state index in [4.69, 9.17) is 11.6 Å². The fourth-order valence-electron chi connectivity index (χ4n) is 3.86. The zero-order valence-corrected chi connectivity index (χ0v) is 19.2. The van der Waals surface area contributed by atoms with Gasteiger partial charge in [-0.3, -0.25) is 4.79 Å². The van der Waals surface area contributed by atoms with Crippen molar-refractivity contribution in [1.29, 1.82) is 0 Å². The smallest absolute Gasteiger partial charge is 0.168 e. The Morgan fingerprint density at radius 2 is 1.93 bits per heavy atom. The van der Waals surface area contributed by atoms with Crippen LogP contribution in [0.25, 0.3) is 0 Å². The van der Waals surface area contributed by atoms with E-state index < -0.39 is 9.84 Å². The number of halogens is 1. The van der Waals surface area contributed by atoms with Gasteiger partial charge in [0.15, 0.2) is 15.6 Å². The molecule has 1 aliphatic rings. The molecular formula is C24H28ClNO3S. The number of carbonyl (C=O) groups is 1. The Balaban J connectivity index is 1.68. The Bertz CT molecular complexity index is 1060. The van der Waals surface area contributed by atoms with E-state index in [-0.39, 0.29) is 17.7 Å². The van der Waals surface area contributed by atoms with Gasteiger partial charge in [0.25, 0.3) is 0 Å². The van der Waals surface area contributed by atoms with Crippen LogP contribution >= 0.6 is 11.6 Å². The Labute approximate surface area is 184 Å². The molecule has 0 radical (unpaired) electrons. The molecule has 0 N–H and O–H groups in total. The van der Waals surface area contributed by atoms with Crippen molar-refractivity contribution in [3.05, 3.63) is 75.7 Å². The number of anilines is 1. The Morgan fingerprint density at radius 1 is 1.20 bits per heavy atom. The second kappa shape index (κ2) is 9.36. The molecule has 4 nitrogen and oxygen atoms in total. The monoisotopic (exact) mass is 445 g/mol. The molecule has 0 saturated carbocycles. The molecule has 0 bridgehead atoms. The van der Waals surface area contributed by atoms with E-state index in [9.17, 15) is 13.2 Å². The van der Waals surface area contributed by atoms with Crippen LogP contribution in [0.1, 0.15) is 54.2 Å². The summed E-state index contributed by atoms with van der Waals surface area (Å²) in [4.78, 5) is 15.0. The van der Waals surface area contributed by atoms with Crippen molar-refractivity contribution >= 4 is 32.9 Å². The van der Waals surface area contributed by atoms with Gasteiger partial charge in [0.05, 0.1) is 6.04 Å². The van der Waals surface area contributed by atoms with Gasteiger partial charge in [-0.25, -0.2) is 8.42 Å². The summed E-state index contributed by atoms with van der Waals surface area (Å²) in [5.74, 6) is 0.125. The van der Waals surface area contributed by atoms with Crippen LogP contribution in [0.3, 0.4) is 0 Å². The Kier molecular flexibility index (Phi) is 7.04. The van der Waals surface area contributed by atoms with Gasteiger partial charge in [0.1, 0.15) is 0 Å².